The van der Waals surface area contributed by atoms with E-state index < -0.39 is 0 Å². The molecule has 1 aromatic carbocycles. The minimum absolute atomic E-state index is 0.00802. The molecule has 0 heterocycles. The van der Waals surface area contributed by atoms with Gasteiger partial charge in [-0.25, -0.2) is 0 Å². The molecule has 0 spiro atoms. The summed E-state index contributed by atoms with van der Waals surface area (Å²) in [4.78, 5) is 12.0. The van der Waals surface area contributed by atoms with Gasteiger partial charge < -0.3 is 10.5 Å². The van der Waals surface area contributed by atoms with Gasteiger partial charge in [0.25, 0.3) is 0 Å². The molecule has 1 saturated carbocycles. The van der Waals surface area contributed by atoms with Crippen molar-refractivity contribution in [1.29, 1.82) is 0 Å². The number of carbonyl (C=O) groups excluding carboxylic acids is 1. The molecule has 0 amide bonds. The summed E-state index contributed by atoms with van der Waals surface area (Å²) >= 11 is 0. The Kier molecular flexibility index (Phi) is 3.56. The van der Waals surface area contributed by atoms with Gasteiger partial charge in [0.05, 0.1) is 6.42 Å². The summed E-state index contributed by atoms with van der Waals surface area (Å²) in [5, 5.41) is 0. The predicted molar refractivity (Wildman–Crippen MR) is 73.5 cm³/mol. The molecule has 1 fully saturated rings. The minimum atomic E-state index is -0.138. The van der Waals surface area contributed by atoms with Gasteiger partial charge >= 0.3 is 5.97 Å². The molecule has 0 saturated heterocycles. The Morgan fingerprint density at radius 1 is 1.32 bits per heavy atom. The van der Waals surface area contributed by atoms with Crippen molar-refractivity contribution >= 4 is 5.97 Å². The van der Waals surface area contributed by atoms with Crippen molar-refractivity contribution in [2.75, 3.05) is 0 Å². The van der Waals surface area contributed by atoms with E-state index in [4.69, 9.17) is 10.5 Å². The lowest BCUT2D eigenvalue weighted by atomic mass is 9.89. The van der Waals surface area contributed by atoms with E-state index >= 15 is 0 Å². The Morgan fingerprint density at radius 2 is 2.11 bits per heavy atom. The summed E-state index contributed by atoms with van der Waals surface area (Å²) < 4.78 is 5.65. The molecule has 0 aliphatic heterocycles. The lowest BCUT2D eigenvalue weighted by Crippen LogP contribution is -2.28. The summed E-state index contributed by atoms with van der Waals surface area (Å²) in [6.07, 6.45) is 5.74. The average Bonchev–Trinajstić information content (AvgIpc) is 3.23. The number of fused-ring (bicyclic) bond motifs is 1. The number of carbonyl (C=O) groups is 1. The van der Waals surface area contributed by atoms with E-state index in [2.05, 4.69) is 12.1 Å². The molecule has 2 unspecified atom stereocenters. The third kappa shape index (κ3) is 2.98. The van der Waals surface area contributed by atoms with Gasteiger partial charge in [-0.05, 0) is 49.1 Å². The van der Waals surface area contributed by atoms with Crippen molar-refractivity contribution in [3.8, 4) is 0 Å². The van der Waals surface area contributed by atoms with Crippen molar-refractivity contribution < 1.29 is 9.53 Å². The first-order chi connectivity index (χ1) is 9.24. The average molecular weight is 259 g/mol. The van der Waals surface area contributed by atoms with Gasteiger partial charge in [0.2, 0.25) is 0 Å². The second-order valence-electron chi connectivity index (χ2n) is 5.77. The van der Waals surface area contributed by atoms with Crippen molar-refractivity contribution in [3.05, 3.63) is 35.4 Å². The molecule has 0 bridgehead atoms. The van der Waals surface area contributed by atoms with Crippen LogP contribution in [0.2, 0.25) is 0 Å². The molecule has 2 N–H and O–H groups in total. The van der Waals surface area contributed by atoms with Crippen LogP contribution < -0.4 is 5.73 Å². The zero-order valence-electron chi connectivity index (χ0n) is 11.2. The third-order valence-electron chi connectivity index (χ3n) is 4.22. The third-order valence-corrected chi connectivity index (χ3v) is 4.22. The van der Waals surface area contributed by atoms with Crippen LogP contribution in [0.15, 0.2) is 24.3 Å². The lowest BCUT2D eigenvalue weighted by Gasteiger charge is -2.25. The zero-order valence-corrected chi connectivity index (χ0v) is 11.2. The van der Waals surface area contributed by atoms with Crippen molar-refractivity contribution in [2.45, 2.75) is 50.7 Å². The largest absolute Gasteiger partial charge is 0.457 e. The highest BCUT2D eigenvalue weighted by molar-refractivity contribution is 5.70. The topological polar surface area (TPSA) is 52.3 Å². The first kappa shape index (κ1) is 12.7. The minimum Gasteiger partial charge on any atom is -0.457 e. The van der Waals surface area contributed by atoms with E-state index in [-0.39, 0.29) is 18.1 Å². The van der Waals surface area contributed by atoms with Gasteiger partial charge in [-0.2, -0.15) is 0 Å². The zero-order chi connectivity index (χ0) is 13.2. The molecule has 2 aliphatic carbocycles. The fraction of sp³-hybridized carbons (Fsp3) is 0.562. The maximum Gasteiger partial charge on any atom is 0.307 e. The van der Waals surface area contributed by atoms with Crippen molar-refractivity contribution in [2.24, 2.45) is 11.7 Å². The van der Waals surface area contributed by atoms with E-state index in [0.717, 1.165) is 19.3 Å². The monoisotopic (exact) mass is 259 g/mol. The molecule has 0 radical (unpaired) electrons. The first-order valence-corrected chi connectivity index (χ1v) is 7.27. The molecule has 2 aliphatic rings. The van der Waals surface area contributed by atoms with Gasteiger partial charge in [-0.1, -0.05) is 24.3 Å². The normalized spacial score (nSPS) is 23.5. The van der Waals surface area contributed by atoms with Crippen LogP contribution in [-0.2, 0) is 16.0 Å². The summed E-state index contributed by atoms with van der Waals surface area (Å²) in [6.45, 7) is 0. The fourth-order valence-corrected chi connectivity index (χ4v) is 2.92. The van der Waals surface area contributed by atoms with Crippen LogP contribution in [0, 0.1) is 5.92 Å². The van der Waals surface area contributed by atoms with Gasteiger partial charge in [-0.3, -0.25) is 4.79 Å². The van der Waals surface area contributed by atoms with Crippen molar-refractivity contribution in [3.63, 3.8) is 0 Å². The number of benzene rings is 1. The number of nitrogens with two attached hydrogens (primary N) is 1. The quantitative estimate of drug-likeness (QED) is 0.846. The van der Waals surface area contributed by atoms with Crippen LogP contribution in [0.25, 0.3) is 0 Å². The van der Waals surface area contributed by atoms with Gasteiger partial charge in [-0.15, -0.1) is 0 Å². The lowest BCUT2D eigenvalue weighted by molar-refractivity contribution is -0.150. The standard InChI is InChI=1S/C16H21NO2/c17-14(12-8-9-12)10-16(18)19-15-7-3-5-11-4-1-2-6-13(11)15/h1-2,4,6,12,14-15H,3,5,7-10,17H2. The molecule has 1 aromatic rings. The Morgan fingerprint density at radius 3 is 2.89 bits per heavy atom. The van der Waals surface area contributed by atoms with E-state index in [1.807, 2.05) is 12.1 Å². The van der Waals surface area contributed by atoms with Crippen molar-refractivity contribution in [1.82, 2.24) is 0 Å². The van der Waals surface area contributed by atoms with Gasteiger partial charge in [0.15, 0.2) is 0 Å². The van der Waals surface area contributed by atoms with Crippen LogP contribution in [0.1, 0.15) is 49.3 Å². The molecular weight excluding hydrogens is 238 g/mol. The first-order valence-electron chi connectivity index (χ1n) is 7.27. The molecule has 19 heavy (non-hydrogen) atoms. The summed E-state index contributed by atoms with van der Waals surface area (Å²) in [5.74, 6) is 0.410. The SMILES string of the molecule is NC(CC(=O)OC1CCCc2ccccc21)C1CC1. The summed E-state index contributed by atoms with van der Waals surface area (Å²) in [7, 11) is 0. The second kappa shape index (κ2) is 5.33. The number of aryl methyl sites for hydroxylation is 1. The summed E-state index contributed by atoms with van der Waals surface area (Å²) in [6, 6.07) is 8.26. The Hall–Kier alpha value is -1.35. The molecule has 0 aromatic heterocycles. The second-order valence-corrected chi connectivity index (χ2v) is 5.77. The van der Waals surface area contributed by atoms with E-state index in [1.54, 1.807) is 0 Å². The van der Waals surface area contributed by atoms with E-state index in [1.165, 1.54) is 24.0 Å². The molecule has 3 heteroatoms. The maximum atomic E-state index is 12.0. The van der Waals surface area contributed by atoms with Gasteiger partial charge in [0.1, 0.15) is 6.10 Å². The Labute approximate surface area is 114 Å². The van der Waals surface area contributed by atoms with Crippen LogP contribution in [-0.4, -0.2) is 12.0 Å². The van der Waals surface area contributed by atoms with E-state index in [9.17, 15) is 4.79 Å². The highest BCUT2D eigenvalue weighted by Crippen LogP contribution is 2.35. The molecular formula is C16H21NO2. The summed E-state index contributed by atoms with van der Waals surface area (Å²) in [5.41, 5.74) is 8.48. The molecule has 3 rings (SSSR count). The van der Waals surface area contributed by atoms with Crippen LogP contribution in [0.4, 0.5) is 0 Å². The number of rotatable bonds is 4. The molecule has 2 atom stereocenters. The fourth-order valence-electron chi connectivity index (χ4n) is 2.92. The predicted octanol–water partition coefficient (Wildman–Crippen LogP) is 2.73. The number of esters is 1. The maximum absolute atomic E-state index is 12.0. The molecule has 3 nitrogen and oxygen atoms in total. The highest BCUT2D eigenvalue weighted by Gasteiger charge is 2.31. The van der Waals surface area contributed by atoms with E-state index in [0.29, 0.717) is 12.3 Å². The number of hydrogen-bond acceptors (Lipinski definition) is 3. The highest BCUT2D eigenvalue weighted by atomic mass is 16.5. The Balaban J connectivity index is 1.62. The van der Waals surface area contributed by atoms with Gasteiger partial charge in [0, 0.05) is 6.04 Å². The Bertz CT molecular complexity index is 468. The van der Waals surface area contributed by atoms with Crippen LogP contribution in [0.5, 0.6) is 0 Å². The number of hydrogen-bond donors (Lipinski definition) is 1. The molecule has 102 valence electrons. The van der Waals surface area contributed by atoms with Crippen LogP contribution >= 0.6 is 0 Å². The van der Waals surface area contributed by atoms with Crippen LogP contribution in [0.3, 0.4) is 0 Å². The smallest absolute Gasteiger partial charge is 0.307 e. The number of ether oxygens (including phenoxy) is 1.